The fraction of sp³-hybridized carbons (Fsp3) is 0.500. The highest BCUT2D eigenvalue weighted by molar-refractivity contribution is 9.10. The number of benzene rings is 1. The third-order valence-electron chi connectivity index (χ3n) is 2.53. The van der Waals surface area contributed by atoms with Crippen molar-refractivity contribution in [1.29, 1.82) is 0 Å². The lowest BCUT2D eigenvalue weighted by molar-refractivity contribution is 0.514. The van der Waals surface area contributed by atoms with Crippen molar-refractivity contribution in [3.63, 3.8) is 0 Å². The predicted molar refractivity (Wildman–Crippen MR) is 70.6 cm³/mol. The first-order chi connectivity index (χ1) is 7.17. The zero-order chi connectivity index (χ0) is 11.3. The molecule has 3 heteroatoms. The molecule has 0 bridgehead atoms. The molecule has 0 fully saturated rings. The number of hydrogen-bond acceptors (Lipinski definition) is 1. The molecule has 0 saturated carbocycles. The number of likely N-dealkylation sites (N-methyl/N-ethyl adjacent to an activating group) is 1. The van der Waals surface area contributed by atoms with Crippen LogP contribution in [0.4, 0.5) is 0 Å². The van der Waals surface area contributed by atoms with Gasteiger partial charge in [-0.3, -0.25) is 0 Å². The lowest BCUT2D eigenvalue weighted by Crippen LogP contribution is -2.27. The van der Waals surface area contributed by atoms with Gasteiger partial charge in [0.25, 0.3) is 0 Å². The lowest BCUT2D eigenvalue weighted by Gasteiger charge is -2.16. The van der Waals surface area contributed by atoms with E-state index in [1.54, 1.807) is 0 Å². The Bertz CT molecular complexity index is 314. The van der Waals surface area contributed by atoms with E-state index < -0.39 is 0 Å². The average Bonchev–Trinajstić information content (AvgIpc) is 2.21. The maximum absolute atomic E-state index is 6.17. The van der Waals surface area contributed by atoms with Gasteiger partial charge in [0.15, 0.2) is 0 Å². The minimum Gasteiger partial charge on any atom is -0.317 e. The van der Waals surface area contributed by atoms with Crippen molar-refractivity contribution < 1.29 is 0 Å². The minimum atomic E-state index is 0.522. The summed E-state index contributed by atoms with van der Waals surface area (Å²) in [7, 11) is 2.01. The standard InChI is InChI=1S/C12H17BrClN/c1-3-4-11(15-2)7-9-5-6-10(13)8-12(9)14/h5-6,8,11,15H,3-4,7H2,1-2H3. The van der Waals surface area contributed by atoms with Crippen LogP contribution in [0.25, 0.3) is 0 Å². The van der Waals surface area contributed by atoms with Crippen molar-refractivity contribution in [1.82, 2.24) is 5.32 Å². The van der Waals surface area contributed by atoms with Crippen molar-refractivity contribution in [2.45, 2.75) is 32.2 Å². The first-order valence-corrected chi connectivity index (χ1v) is 6.45. The van der Waals surface area contributed by atoms with E-state index in [0.717, 1.165) is 15.9 Å². The summed E-state index contributed by atoms with van der Waals surface area (Å²) in [5, 5.41) is 4.17. The summed E-state index contributed by atoms with van der Waals surface area (Å²) in [6.45, 7) is 2.20. The van der Waals surface area contributed by atoms with Crippen LogP contribution < -0.4 is 5.32 Å². The maximum Gasteiger partial charge on any atom is 0.0449 e. The first kappa shape index (κ1) is 13.0. The van der Waals surface area contributed by atoms with E-state index in [-0.39, 0.29) is 0 Å². The van der Waals surface area contributed by atoms with Crippen LogP contribution in [0.5, 0.6) is 0 Å². The second-order valence-corrected chi connectivity index (χ2v) is 5.04. The quantitative estimate of drug-likeness (QED) is 0.863. The second-order valence-electron chi connectivity index (χ2n) is 3.71. The monoisotopic (exact) mass is 289 g/mol. The van der Waals surface area contributed by atoms with Crippen LogP contribution in [-0.2, 0) is 6.42 Å². The molecule has 0 saturated heterocycles. The molecule has 1 rings (SSSR count). The Labute approximate surface area is 105 Å². The normalized spacial score (nSPS) is 12.8. The van der Waals surface area contributed by atoms with Crippen molar-refractivity contribution in [2.24, 2.45) is 0 Å². The van der Waals surface area contributed by atoms with Gasteiger partial charge in [0, 0.05) is 15.5 Å². The third kappa shape index (κ3) is 4.13. The SMILES string of the molecule is CCCC(Cc1ccc(Br)cc1Cl)NC. The summed E-state index contributed by atoms with van der Waals surface area (Å²) in [4.78, 5) is 0. The van der Waals surface area contributed by atoms with E-state index in [2.05, 4.69) is 34.2 Å². The molecule has 0 aliphatic rings. The molecule has 1 N–H and O–H groups in total. The van der Waals surface area contributed by atoms with E-state index in [1.165, 1.54) is 18.4 Å². The first-order valence-electron chi connectivity index (χ1n) is 5.28. The molecule has 0 aliphatic heterocycles. The Balaban J connectivity index is 2.70. The van der Waals surface area contributed by atoms with Gasteiger partial charge in [-0.15, -0.1) is 0 Å². The van der Waals surface area contributed by atoms with Crippen LogP contribution in [0.1, 0.15) is 25.3 Å². The third-order valence-corrected chi connectivity index (χ3v) is 3.37. The fourth-order valence-corrected chi connectivity index (χ4v) is 2.40. The van der Waals surface area contributed by atoms with Crippen molar-refractivity contribution in [3.05, 3.63) is 33.3 Å². The average molecular weight is 291 g/mol. The van der Waals surface area contributed by atoms with E-state index in [0.29, 0.717) is 6.04 Å². The van der Waals surface area contributed by atoms with Gasteiger partial charge in [-0.1, -0.05) is 46.9 Å². The minimum absolute atomic E-state index is 0.522. The molecule has 1 aromatic rings. The molecule has 0 heterocycles. The molecule has 1 unspecified atom stereocenters. The number of rotatable bonds is 5. The Morgan fingerprint density at radius 3 is 2.73 bits per heavy atom. The summed E-state index contributed by atoms with van der Waals surface area (Å²) < 4.78 is 1.03. The van der Waals surface area contributed by atoms with Crippen molar-refractivity contribution >= 4 is 27.5 Å². The lowest BCUT2D eigenvalue weighted by atomic mass is 10.0. The molecule has 1 aromatic carbocycles. The van der Waals surface area contributed by atoms with E-state index in [4.69, 9.17) is 11.6 Å². The summed E-state index contributed by atoms with van der Waals surface area (Å²) in [5.74, 6) is 0. The van der Waals surface area contributed by atoms with Crippen LogP contribution in [0.15, 0.2) is 22.7 Å². The zero-order valence-electron chi connectivity index (χ0n) is 9.19. The molecule has 0 aromatic heterocycles. The largest absolute Gasteiger partial charge is 0.317 e. The molecule has 1 atom stereocenters. The predicted octanol–water partition coefficient (Wildman–Crippen LogP) is 4.03. The second kappa shape index (κ2) is 6.51. The van der Waals surface area contributed by atoms with Crippen LogP contribution in [0, 0.1) is 0 Å². The van der Waals surface area contributed by atoms with Gasteiger partial charge >= 0.3 is 0 Å². The fourth-order valence-electron chi connectivity index (χ4n) is 1.65. The van der Waals surface area contributed by atoms with Crippen LogP contribution in [0.3, 0.4) is 0 Å². The van der Waals surface area contributed by atoms with Gasteiger partial charge in [0.05, 0.1) is 0 Å². The van der Waals surface area contributed by atoms with Gasteiger partial charge in [-0.05, 0) is 37.6 Å². The van der Waals surface area contributed by atoms with Gasteiger partial charge in [-0.2, -0.15) is 0 Å². The molecule has 0 radical (unpaired) electrons. The summed E-state index contributed by atoms with van der Waals surface area (Å²) in [6, 6.07) is 6.61. The van der Waals surface area contributed by atoms with Crippen LogP contribution in [-0.4, -0.2) is 13.1 Å². The van der Waals surface area contributed by atoms with Gasteiger partial charge in [0.2, 0.25) is 0 Å². The summed E-state index contributed by atoms with van der Waals surface area (Å²) in [6.07, 6.45) is 3.37. The molecule has 84 valence electrons. The molecule has 0 amide bonds. The molecular weight excluding hydrogens is 273 g/mol. The molecular formula is C12H17BrClN. The number of halogens is 2. The number of nitrogens with one attached hydrogen (secondary N) is 1. The van der Waals surface area contributed by atoms with Gasteiger partial charge in [0.1, 0.15) is 0 Å². The van der Waals surface area contributed by atoms with Gasteiger partial charge in [-0.25, -0.2) is 0 Å². The highest BCUT2D eigenvalue weighted by Crippen LogP contribution is 2.23. The van der Waals surface area contributed by atoms with E-state index >= 15 is 0 Å². The molecule has 1 nitrogen and oxygen atoms in total. The van der Waals surface area contributed by atoms with Gasteiger partial charge < -0.3 is 5.32 Å². The Morgan fingerprint density at radius 1 is 1.47 bits per heavy atom. The van der Waals surface area contributed by atoms with Crippen molar-refractivity contribution in [2.75, 3.05) is 7.05 Å². The topological polar surface area (TPSA) is 12.0 Å². The molecule has 15 heavy (non-hydrogen) atoms. The van der Waals surface area contributed by atoms with E-state index in [1.807, 2.05) is 19.2 Å². The Morgan fingerprint density at radius 2 is 2.20 bits per heavy atom. The zero-order valence-corrected chi connectivity index (χ0v) is 11.5. The Kier molecular flexibility index (Phi) is 5.65. The van der Waals surface area contributed by atoms with E-state index in [9.17, 15) is 0 Å². The maximum atomic E-state index is 6.17. The summed E-state index contributed by atoms with van der Waals surface area (Å²) in [5.41, 5.74) is 1.22. The highest BCUT2D eigenvalue weighted by Gasteiger charge is 2.08. The molecule has 0 aliphatic carbocycles. The van der Waals surface area contributed by atoms with Crippen molar-refractivity contribution in [3.8, 4) is 0 Å². The Hall–Kier alpha value is -0.0500. The van der Waals surface area contributed by atoms with Crippen LogP contribution in [0.2, 0.25) is 5.02 Å². The summed E-state index contributed by atoms with van der Waals surface area (Å²) >= 11 is 9.58. The van der Waals surface area contributed by atoms with Crippen LogP contribution >= 0.6 is 27.5 Å². The molecule has 0 spiro atoms. The smallest absolute Gasteiger partial charge is 0.0449 e. The number of hydrogen-bond donors (Lipinski definition) is 1. The highest BCUT2D eigenvalue weighted by atomic mass is 79.9.